The average molecular weight is 266 g/mol. The summed E-state index contributed by atoms with van der Waals surface area (Å²) in [5.41, 5.74) is -0.935. The molecule has 0 bridgehead atoms. The third kappa shape index (κ3) is 2.46. The summed E-state index contributed by atoms with van der Waals surface area (Å²) in [6.07, 6.45) is 4.06. The molecule has 0 aromatic carbocycles. The number of nitro groups is 1. The summed E-state index contributed by atoms with van der Waals surface area (Å²) in [5, 5.41) is 20.4. The number of imidazole rings is 1. The van der Waals surface area contributed by atoms with Crippen LogP contribution in [0.5, 0.6) is 0 Å². The number of hydrogen-bond donors (Lipinski definition) is 2. The fourth-order valence-corrected chi connectivity index (χ4v) is 1.93. The van der Waals surface area contributed by atoms with Gasteiger partial charge in [0, 0.05) is 12.4 Å². The van der Waals surface area contributed by atoms with Gasteiger partial charge in [-0.3, -0.25) is 10.1 Å². The minimum absolute atomic E-state index is 0.313. The second-order valence-electron chi connectivity index (χ2n) is 3.10. The molecule has 2 heterocycles. The maximum absolute atomic E-state index is 10.9. The van der Waals surface area contributed by atoms with Gasteiger partial charge in [0.1, 0.15) is 16.8 Å². The van der Waals surface area contributed by atoms with E-state index in [4.69, 9.17) is 5.11 Å². The van der Waals surface area contributed by atoms with Crippen molar-refractivity contribution < 1.29 is 14.8 Å². The molecule has 0 atom stereocenters. The zero-order chi connectivity index (χ0) is 13.1. The zero-order valence-electron chi connectivity index (χ0n) is 8.73. The van der Waals surface area contributed by atoms with Crippen LogP contribution < -0.4 is 0 Å². The molecule has 2 rings (SSSR count). The molecule has 0 spiro atoms. The van der Waals surface area contributed by atoms with Crippen LogP contribution in [0.1, 0.15) is 10.4 Å². The maximum atomic E-state index is 10.9. The summed E-state index contributed by atoms with van der Waals surface area (Å²) < 4.78 is 0. The molecule has 0 saturated carbocycles. The first-order valence-corrected chi connectivity index (χ1v) is 5.44. The number of nitrogens with zero attached hydrogens (tertiary/aromatic N) is 3. The van der Waals surface area contributed by atoms with Gasteiger partial charge in [0.25, 0.3) is 0 Å². The molecule has 2 aromatic rings. The molecule has 0 aliphatic heterocycles. The average Bonchev–Trinajstić information content (AvgIpc) is 2.81. The highest BCUT2D eigenvalue weighted by Crippen LogP contribution is 2.26. The van der Waals surface area contributed by atoms with Crippen LogP contribution >= 0.6 is 11.8 Å². The highest BCUT2D eigenvalue weighted by Gasteiger charge is 2.21. The molecule has 8 nitrogen and oxygen atoms in total. The Morgan fingerprint density at radius 3 is 2.83 bits per heavy atom. The van der Waals surface area contributed by atoms with Crippen LogP contribution in [0.3, 0.4) is 0 Å². The number of pyridine rings is 1. The van der Waals surface area contributed by atoms with Gasteiger partial charge in [-0.15, -0.1) is 0 Å². The lowest BCUT2D eigenvalue weighted by Gasteiger charge is -2.00. The molecule has 92 valence electrons. The molecular formula is C9H6N4O4S. The summed E-state index contributed by atoms with van der Waals surface area (Å²) in [5.74, 6) is -1.37. The van der Waals surface area contributed by atoms with Crippen molar-refractivity contribution in [2.45, 2.75) is 10.2 Å². The number of aromatic amines is 1. The molecule has 0 aliphatic rings. The van der Waals surface area contributed by atoms with Gasteiger partial charge in [-0.25, -0.2) is 14.8 Å². The van der Waals surface area contributed by atoms with Gasteiger partial charge in [-0.2, -0.15) is 0 Å². The van der Waals surface area contributed by atoms with E-state index < -0.39 is 22.1 Å². The number of H-pyrrole nitrogens is 1. The summed E-state index contributed by atoms with van der Waals surface area (Å²) >= 11 is 1.08. The first-order chi connectivity index (χ1) is 8.58. The predicted molar refractivity (Wildman–Crippen MR) is 60.6 cm³/mol. The number of nitrogens with one attached hydrogen (secondary N) is 1. The third-order valence-corrected chi connectivity index (χ3v) is 2.81. The number of aromatic carboxylic acids is 1. The second kappa shape index (κ2) is 4.84. The first kappa shape index (κ1) is 12.0. The Hall–Kier alpha value is -2.42. The van der Waals surface area contributed by atoms with Crippen molar-refractivity contribution in [3.63, 3.8) is 0 Å². The summed E-state index contributed by atoms with van der Waals surface area (Å²) in [7, 11) is 0. The third-order valence-electron chi connectivity index (χ3n) is 1.96. The summed E-state index contributed by atoms with van der Waals surface area (Å²) in [6.45, 7) is 0. The highest BCUT2D eigenvalue weighted by atomic mass is 32.2. The number of carboxylic acids is 1. The molecule has 0 unspecified atom stereocenters. The number of aromatic nitrogens is 3. The van der Waals surface area contributed by atoms with Gasteiger partial charge in [-0.05, 0) is 17.8 Å². The van der Waals surface area contributed by atoms with E-state index in [9.17, 15) is 14.9 Å². The topological polar surface area (TPSA) is 122 Å². The number of rotatable bonds is 4. The van der Waals surface area contributed by atoms with Crippen LogP contribution in [0.4, 0.5) is 5.69 Å². The van der Waals surface area contributed by atoms with Gasteiger partial charge < -0.3 is 10.1 Å². The zero-order valence-corrected chi connectivity index (χ0v) is 9.55. The van der Waals surface area contributed by atoms with E-state index in [1.165, 1.54) is 6.20 Å². The lowest BCUT2D eigenvalue weighted by Crippen LogP contribution is -2.03. The van der Waals surface area contributed by atoms with Gasteiger partial charge in [-0.1, -0.05) is 0 Å². The minimum atomic E-state index is -1.37. The van der Waals surface area contributed by atoms with Crippen molar-refractivity contribution in [3.05, 3.63) is 40.3 Å². The Kier molecular flexibility index (Phi) is 3.24. The van der Waals surface area contributed by atoms with Gasteiger partial charge >= 0.3 is 11.7 Å². The Labute approximate surface area is 104 Å². The molecular weight excluding hydrogens is 260 g/mol. The number of carbonyl (C=O) groups is 1. The molecule has 2 aromatic heterocycles. The van der Waals surface area contributed by atoms with Crippen molar-refractivity contribution in [3.8, 4) is 0 Å². The van der Waals surface area contributed by atoms with Crippen LogP contribution in [0.25, 0.3) is 0 Å². The summed E-state index contributed by atoms with van der Waals surface area (Å²) in [4.78, 5) is 31.3. The van der Waals surface area contributed by atoms with E-state index >= 15 is 0 Å². The van der Waals surface area contributed by atoms with E-state index in [2.05, 4.69) is 15.0 Å². The molecule has 0 amide bonds. The summed E-state index contributed by atoms with van der Waals surface area (Å²) in [6, 6.07) is 1.15. The lowest BCUT2D eigenvalue weighted by atomic mass is 10.2. The quantitative estimate of drug-likeness (QED) is 0.635. The molecule has 0 fully saturated rings. The lowest BCUT2D eigenvalue weighted by molar-refractivity contribution is -0.385. The molecule has 9 heteroatoms. The molecule has 0 saturated heterocycles. The Morgan fingerprint density at radius 2 is 2.28 bits per heavy atom. The molecule has 0 aliphatic carbocycles. The Balaban J connectivity index is 2.37. The van der Waals surface area contributed by atoms with E-state index in [-0.39, 0.29) is 0 Å². The van der Waals surface area contributed by atoms with Crippen LogP contribution in [0.2, 0.25) is 0 Å². The standard InChI is InChI=1S/C9H6N4O4S/c14-8(15)5-3-7(12-4-6(5)13(16)17)18-9-10-1-2-11-9/h1-4H,(H,10,11)(H,14,15). The van der Waals surface area contributed by atoms with E-state index in [0.29, 0.717) is 10.2 Å². The van der Waals surface area contributed by atoms with Crippen molar-refractivity contribution >= 4 is 23.4 Å². The minimum Gasteiger partial charge on any atom is -0.477 e. The van der Waals surface area contributed by atoms with E-state index in [1.807, 2.05) is 0 Å². The fourth-order valence-electron chi connectivity index (χ4n) is 1.21. The molecule has 18 heavy (non-hydrogen) atoms. The van der Waals surface area contributed by atoms with Crippen LogP contribution in [-0.2, 0) is 0 Å². The monoisotopic (exact) mass is 266 g/mol. The number of hydrogen-bond acceptors (Lipinski definition) is 6. The smallest absolute Gasteiger partial charge is 0.342 e. The second-order valence-corrected chi connectivity index (χ2v) is 4.11. The van der Waals surface area contributed by atoms with E-state index in [0.717, 1.165) is 24.0 Å². The predicted octanol–water partition coefficient (Wildman–Crippen LogP) is 1.56. The van der Waals surface area contributed by atoms with Gasteiger partial charge in [0.05, 0.1) is 4.92 Å². The highest BCUT2D eigenvalue weighted by molar-refractivity contribution is 7.99. The van der Waals surface area contributed by atoms with Crippen molar-refractivity contribution in [2.75, 3.05) is 0 Å². The van der Waals surface area contributed by atoms with Gasteiger partial charge in [0.15, 0.2) is 5.16 Å². The molecule has 0 radical (unpaired) electrons. The van der Waals surface area contributed by atoms with E-state index in [1.54, 1.807) is 6.20 Å². The Bertz CT molecular complexity index is 599. The first-order valence-electron chi connectivity index (χ1n) is 4.63. The largest absolute Gasteiger partial charge is 0.477 e. The normalized spacial score (nSPS) is 10.2. The number of carboxylic acid groups (broad SMARTS) is 1. The van der Waals surface area contributed by atoms with Crippen molar-refractivity contribution in [1.82, 2.24) is 15.0 Å². The molecule has 2 N–H and O–H groups in total. The van der Waals surface area contributed by atoms with Gasteiger partial charge in [0.2, 0.25) is 0 Å². The van der Waals surface area contributed by atoms with Crippen molar-refractivity contribution in [1.29, 1.82) is 0 Å². The van der Waals surface area contributed by atoms with Crippen LogP contribution in [0.15, 0.2) is 34.8 Å². The Morgan fingerprint density at radius 1 is 1.50 bits per heavy atom. The van der Waals surface area contributed by atoms with Crippen molar-refractivity contribution in [2.24, 2.45) is 0 Å². The maximum Gasteiger partial charge on any atom is 0.342 e. The SMILES string of the molecule is O=C(O)c1cc(Sc2ncc[nH]2)ncc1[N+](=O)[O-]. The fraction of sp³-hybridized carbons (Fsp3) is 0. The van der Waals surface area contributed by atoms with Crippen LogP contribution in [0, 0.1) is 10.1 Å². The van der Waals surface area contributed by atoms with Crippen LogP contribution in [-0.4, -0.2) is 31.0 Å².